The van der Waals surface area contributed by atoms with Gasteiger partial charge in [0.05, 0.1) is 30.3 Å². The van der Waals surface area contributed by atoms with Gasteiger partial charge in [-0.25, -0.2) is 4.79 Å². The van der Waals surface area contributed by atoms with Gasteiger partial charge in [0.25, 0.3) is 5.69 Å². The van der Waals surface area contributed by atoms with Crippen LogP contribution in [0.25, 0.3) is 0 Å². The number of rotatable bonds is 11. The Morgan fingerprint density at radius 3 is 2.72 bits per heavy atom. The highest BCUT2D eigenvalue weighted by Crippen LogP contribution is 2.35. The second-order valence-electron chi connectivity index (χ2n) is 4.92. The minimum atomic E-state index is -0.718. The van der Waals surface area contributed by atoms with Crippen LogP contribution in [0, 0.1) is 10.1 Å². The van der Waals surface area contributed by atoms with E-state index in [1.54, 1.807) is 0 Å². The van der Waals surface area contributed by atoms with Crippen molar-refractivity contribution < 1.29 is 34.1 Å². The summed E-state index contributed by atoms with van der Waals surface area (Å²) in [6.07, 6.45) is 0.147. The third kappa shape index (κ3) is 6.81. The van der Waals surface area contributed by atoms with E-state index in [-0.39, 0.29) is 49.2 Å². The van der Waals surface area contributed by atoms with E-state index >= 15 is 0 Å². The van der Waals surface area contributed by atoms with Gasteiger partial charge < -0.3 is 29.7 Å². The number of nitrogens with one attached hydrogen (secondary N) is 1. The van der Waals surface area contributed by atoms with Crippen LogP contribution in [0.2, 0.25) is 0 Å². The van der Waals surface area contributed by atoms with E-state index in [1.807, 2.05) is 0 Å². The molecule has 0 saturated heterocycles. The van der Waals surface area contributed by atoms with E-state index in [0.717, 1.165) is 0 Å². The fraction of sp³-hybridized carbons (Fsp3) is 0.533. The van der Waals surface area contributed by atoms with Crippen LogP contribution in [0.1, 0.15) is 18.4 Å². The molecule has 1 aromatic carbocycles. The average molecular weight is 359 g/mol. The van der Waals surface area contributed by atoms with Gasteiger partial charge in [-0.3, -0.25) is 10.1 Å². The van der Waals surface area contributed by atoms with Crippen LogP contribution < -0.4 is 14.8 Å². The summed E-state index contributed by atoms with van der Waals surface area (Å²) in [5.74, 6) is 0.433. The highest BCUT2D eigenvalue weighted by Gasteiger charge is 2.21. The number of nitro benzene ring substituents is 1. The van der Waals surface area contributed by atoms with Gasteiger partial charge in [-0.2, -0.15) is 0 Å². The van der Waals surface area contributed by atoms with E-state index in [2.05, 4.69) is 5.32 Å². The number of ether oxygens (including phenoxy) is 3. The van der Waals surface area contributed by atoms with Crippen LogP contribution in [0.15, 0.2) is 12.1 Å². The molecule has 0 saturated carbocycles. The molecular formula is C15H23N2O8+. The van der Waals surface area contributed by atoms with Crippen molar-refractivity contribution in [1.29, 1.82) is 0 Å². The van der Waals surface area contributed by atoms with Crippen LogP contribution in [0.5, 0.6) is 11.5 Å². The number of benzene rings is 1. The normalized spacial score (nSPS) is 10.2. The molecule has 140 valence electrons. The first-order valence-electron chi connectivity index (χ1n) is 7.67. The van der Waals surface area contributed by atoms with Crippen molar-refractivity contribution >= 4 is 11.8 Å². The second-order valence-corrected chi connectivity index (χ2v) is 4.92. The quantitative estimate of drug-likeness (QED) is 0.256. The molecule has 0 radical (unpaired) electrons. The number of methoxy groups -OCH3 is 1. The minimum Gasteiger partial charge on any atom is -0.493 e. The SMILES string of the molecule is COc1cc(COC(=O)NCCC[OH2+])c([N+](=O)[O-])cc1OCCCO. The largest absolute Gasteiger partial charge is 0.493 e. The number of carbonyl (C=O) groups excluding carboxylic acids is 1. The van der Waals surface area contributed by atoms with Gasteiger partial charge >= 0.3 is 6.09 Å². The summed E-state index contributed by atoms with van der Waals surface area (Å²) in [6, 6.07) is 2.58. The first kappa shape index (κ1) is 20.5. The molecule has 1 amide bonds. The lowest BCUT2D eigenvalue weighted by atomic mass is 10.1. The number of amides is 1. The maximum absolute atomic E-state index is 11.5. The van der Waals surface area contributed by atoms with E-state index in [4.69, 9.17) is 24.4 Å². The van der Waals surface area contributed by atoms with E-state index in [1.165, 1.54) is 19.2 Å². The lowest BCUT2D eigenvalue weighted by Gasteiger charge is -2.13. The fourth-order valence-corrected chi connectivity index (χ4v) is 1.87. The van der Waals surface area contributed by atoms with Gasteiger partial charge in [-0.1, -0.05) is 0 Å². The number of aliphatic hydroxyl groups is 1. The number of aliphatic hydroxyl groups excluding tert-OH is 1. The summed E-state index contributed by atoms with van der Waals surface area (Å²) >= 11 is 0. The topological polar surface area (TPSA) is 143 Å². The molecule has 10 nitrogen and oxygen atoms in total. The maximum Gasteiger partial charge on any atom is 0.407 e. The highest BCUT2D eigenvalue weighted by atomic mass is 16.6. The number of hydrogen-bond acceptors (Lipinski definition) is 7. The Balaban J connectivity index is 2.86. The first-order valence-corrected chi connectivity index (χ1v) is 7.67. The molecule has 0 atom stereocenters. The Kier molecular flexibility index (Phi) is 9.04. The van der Waals surface area contributed by atoms with Gasteiger partial charge in [0, 0.05) is 26.0 Å². The molecule has 0 heterocycles. The van der Waals surface area contributed by atoms with Crippen LogP contribution in [0.3, 0.4) is 0 Å². The summed E-state index contributed by atoms with van der Waals surface area (Å²) in [6.45, 7) is 0.284. The van der Waals surface area contributed by atoms with Crippen molar-refractivity contribution in [3.8, 4) is 11.5 Å². The fourth-order valence-electron chi connectivity index (χ4n) is 1.87. The minimum absolute atomic E-state index is 0.0638. The molecule has 25 heavy (non-hydrogen) atoms. The van der Waals surface area contributed by atoms with Crippen molar-refractivity contribution in [3.63, 3.8) is 0 Å². The van der Waals surface area contributed by atoms with Gasteiger partial charge in [0.2, 0.25) is 0 Å². The van der Waals surface area contributed by atoms with Crippen LogP contribution in [-0.4, -0.2) is 54.7 Å². The molecule has 0 fully saturated rings. The van der Waals surface area contributed by atoms with Gasteiger partial charge in [0.1, 0.15) is 13.2 Å². The smallest absolute Gasteiger partial charge is 0.407 e. The van der Waals surface area contributed by atoms with Crippen molar-refractivity contribution in [2.45, 2.75) is 19.4 Å². The highest BCUT2D eigenvalue weighted by molar-refractivity contribution is 5.67. The second kappa shape index (κ2) is 11.0. The average Bonchev–Trinajstić information content (AvgIpc) is 2.60. The number of nitrogens with zero attached hydrogens (tertiary/aromatic N) is 1. The molecule has 1 rings (SSSR count). The number of hydrogen-bond donors (Lipinski definition) is 2. The molecule has 1 aromatic rings. The van der Waals surface area contributed by atoms with Crippen molar-refractivity contribution in [1.82, 2.24) is 5.32 Å². The Morgan fingerprint density at radius 1 is 1.36 bits per heavy atom. The molecule has 0 unspecified atom stereocenters. The molecule has 4 N–H and O–H groups in total. The lowest BCUT2D eigenvalue weighted by molar-refractivity contribution is -0.385. The van der Waals surface area contributed by atoms with Crippen molar-refractivity contribution in [2.24, 2.45) is 0 Å². The lowest BCUT2D eigenvalue weighted by Crippen LogP contribution is -2.25. The standard InChI is InChI=1S/C15H22N2O8/c1-23-13-8-11(10-25-15(20)16-4-2-5-18)12(17(21)22)9-14(13)24-7-3-6-19/h8-9,18-19H,2-7,10H2,1H3,(H,16,20)/p+1. The third-order valence-corrected chi connectivity index (χ3v) is 3.10. The van der Waals surface area contributed by atoms with Crippen molar-refractivity contribution in [2.75, 3.05) is 33.5 Å². The summed E-state index contributed by atoms with van der Waals surface area (Å²) in [7, 11) is 1.39. The monoisotopic (exact) mass is 359 g/mol. The molecule has 0 aliphatic carbocycles. The Labute approximate surface area is 144 Å². The molecule has 0 aliphatic heterocycles. The summed E-state index contributed by atoms with van der Waals surface area (Å²) < 4.78 is 15.5. The van der Waals surface area contributed by atoms with Crippen LogP contribution in [0.4, 0.5) is 10.5 Å². The zero-order valence-electron chi connectivity index (χ0n) is 13.9. The van der Waals surface area contributed by atoms with Gasteiger partial charge in [-0.15, -0.1) is 0 Å². The van der Waals surface area contributed by atoms with Crippen LogP contribution in [-0.2, 0) is 11.3 Å². The molecule has 10 heteroatoms. The molecule has 0 aliphatic rings. The molecular weight excluding hydrogens is 336 g/mol. The molecule has 0 spiro atoms. The predicted molar refractivity (Wildman–Crippen MR) is 88.1 cm³/mol. The molecule has 0 aromatic heterocycles. The Hall–Kier alpha value is -2.59. The predicted octanol–water partition coefficient (Wildman–Crippen LogP) is 0.705. The van der Waals surface area contributed by atoms with Crippen LogP contribution >= 0.6 is 0 Å². The zero-order valence-corrected chi connectivity index (χ0v) is 13.9. The number of nitro groups is 1. The number of alkyl carbamates (subject to hydrolysis) is 1. The Morgan fingerprint density at radius 2 is 2.12 bits per heavy atom. The zero-order chi connectivity index (χ0) is 18.7. The van der Waals surface area contributed by atoms with Gasteiger partial charge in [-0.05, 0) is 6.07 Å². The van der Waals surface area contributed by atoms with E-state index < -0.39 is 11.0 Å². The first-order chi connectivity index (χ1) is 12.0. The van der Waals surface area contributed by atoms with Gasteiger partial charge in [0.15, 0.2) is 11.5 Å². The van der Waals surface area contributed by atoms with Crippen molar-refractivity contribution in [3.05, 3.63) is 27.8 Å². The third-order valence-electron chi connectivity index (χ3n) is 3.10. The van der Waals surface area contributed by atoms with E-state index in [9.17, 15) is 14.9 Å². The van der Waals surface area contributed by atoms with E-state index in [0.29, 0.717) is 19.4 Å². The number of carbonyl (C=O) groups is 1. The molecule has 0 bridgehead atoms. The Bertz CT molecular complexity index is 579. The summed E-state index contributed by atoms with van der Waals surface area (Å²) in [5, 5.41) is 29.4. The summed E-state index contributed by atoms with van der Waals surface area (Å²) in [5.41, 5.74) is -0.106. The maximum atomic E-state index is 11.5. The summed E-state index contributed by atoms with van der Waals surface area (Å²) in [4.78, 5) is 22.2.